The Morgan fingerprint density at radius 2 is 2.06 bits per heavy atom. The van der Waals surface area contributed by atoms with E-state index in [1.807, 2.05) is 18.7 Å². The van der Waals surface area contributed by atoms with Crippen molar-refractivity contribution >= 4 is 11.7 Å². The van der Waals surface area contributed by atoms with Crippen LogP contribution in [-0.4, -0.2) is 53.7 Å². The molecule has 4 heteroatoms. The number of ketones is 1. The van der Waals surface area contributed by atoms with E-state index in [2.05, 4.69) is 11.9 Å². The van der Waals surface area contributed by atoms with Crippen molar-refractivity contribution in [3.63, 3.8) is 0 Å². The molecule has 0 saturated carbocycles. The molecular weight excluding hydrogens is 228 g/mol. The van der Waals surface area contributed by atoms with Gasteiger partial charge in [0, 0.05) is 31.5 Å². The van der Waals surface area contributed by atoms with Crippen molar-refractivity contribution < 1.29 is 9.59 Å². The smallest absolute Gasteiger partial charge is 0.227 e. The third kappa shape index (κ3) is 2.74. The first-order valence-electron chi connectivity index (χ1n) is 6.92. The molecule has 2 fully saturated rings. The van der Waals surface area contributed by atoms with Gasteiger partial charge in [0.05, 0.1) is 5.92 Å². The first-order chi connectivity index (χ1) is 8.40. The predicted molar refractivity (Wildman–Crippen MR) is 70.3 cm³/mol. The van der Waals surface area contributed by atoms with Gasteiger partial charge in [0.15, 0.2) is 0 Å². The van der Waals surface area contributed by atoms with Gasteiger partial charge in [-0.1, -0.05) is 0 Å². The average molecular weight is 252 g/mol. The molecule has 2 aliphatic rings. The van der Waals surface area contributed by atoms with Gasteiger partial charge >= 0.3 is 0 Å². The van der Waals surface area contributed by atoms with Crippen LogP contribution in [0.15, 0.2) is 0 Å². The van der Waals surface area contributed by atoms with Crippen molar-refractivity contribution in [1.29, 1.82) is 0 Å². The van der Waals surface area contributed by atoms with Crippen molar-refractivity contribution in [3.8, 4) is 0 Å². The summed E-state index contributed by atoms with van der Waals surface area (Å²) >= 11 is 0. The van der Waals surface area contributed by atoms with Gasteiger partial charge in [0.2, 0.25) is 5.91 Å². The Kier molecular flexibility index (Phi) is 3.76. The Morgan fingerprint density at radius 3 is 2.67 bits per heavy atom. The second kappa shape index (κ2) is 5.00. The Bertz CT molecular complexity index is 352. The van der Waals surface area contributed by atoms with Gasteiger partial charge in [0.25, 0.3) is 0 Å². The number of nitrogens with zero attached hydrogens (tertiary/aromatic N) is 2. The van der Waals surface area contributed by atoms with E-state index in [4.69, 9.17) is 0 Å². The van der Waals surface area contributed by atoms with Gasteiger partial charge in [-0.05, 0) is 40.3 Å². The zero-order valence-electron chi connectivity index (χ0n) is 11.7. The van der Waals surface area contributed by atoms with E-state index >= 15 is 0 Å². The molecule has 0 bridgehead atoms. The summed E-state index contributed by atoms with van der Waals surface area (Å²) in [5.74, 6) is 0.653. The molecular formula is C14H24N2O2. The van der Waals surface area contributed by atoms with Crippen LogP contribution in [0, 0.1) is 5.92 Å². The van der Waals surface area contributed by atoms with Crippen molar-refractivity contribution in [1.82, 2.24) is 9.80 Å². The van der Waals surface area contributed by atoms with Crippen molar-refractivity contribution in [2.75, 3.05) is 26.7 Å². The zero-order chi connectivity index (χ0) is 13.3. The van der Waals surface area contributed by atoms with Crippen LogP contribution in [0.5, 0.6) is 0 Å². The van der Waals surface area contributed by atoms with Crippen LogP contribution in [0.2, 0.25) is 0 Å². The second-order valence-corrected chi connectivity index (χ2v) is 6.37. The fraction of sp³-hybridized carbons (Fsp3) is 0.857. The summed E-state index contributed by atoms with van der Waals surface area (Å²) < 4.78 is 0. The highest BCUT2D eigenvalue weighted by molar-refractivity contribution is 5.86. The monoisotopic (exact) mass is 252 g/mol. The molecule has 1 atom stereocenters. The van der Waals surface area contributed by atoms with Crippen LogP contribution in [0.3, 0.4) is 0 Å². The van der Waals surface area contributed by atoms with E-state index < -0.39 is 0 Å². The fourth-order valence-corrected chi connectivity index (χ4v) is 3.20. The lowest BCUT2D eigenvalue weighted by molar-refractivity contribution is -0.147. The molecule has 102 valence electrons. The number of hydrogen-bond donors (Lipinski definition) is 0. The molecule has 2 saturated heterocycles. The third-order valence-corrected chi connectivity index (χ3v) is 4.21. The summed E-state index contributed by atoms with van der Waals surface area (Å²) in [7, 11) is 2.07. The van der Waals surface area contributed by atoms with Crippen LogP contribution in [0.25, 0.3) is 0 Å². The Hall–Kier alpha value is -0.900. The lowest BCUT2D eigenvalue weighted by atomic mass is 9.87. The number of carbonyl (C=O) groups is 2. The predicted octanol–water partition coefficient (Wildman–Crippen LogP) is 1.30. The standard InChI is InChI=1S/C14H24N2O2/c1-14(2)9-12(17)6-8-16(14)13(18)11-5-4-7-15(3)10-11/h11H,4-10H2,1-3H3. The number of piperidine rings is 2. The molecule has 2 heterocycles. The van der Waals surface area contributed by atoms with Crippen molar-refractivity contribution in [3.05, 3.63) is 0 Å². The maximum Gasteiger partial charge on any atom is 0.227 e. The molecule has 2 aliphatic heterocycles. The molecule has 0 aromatic rings. The molecule has 1 unspecified atom stereocenters. The number of hydrogen-bond acceptors (Lipinski definition) is 3. The Balaban J connectivity index is 2.06. The van der Waals surface area contributed by atoms with Gasteiger partial charge in [0.1, 0.15) is 5.78 Å². The molecule has 4 nitrogen and oxygen atoms in total. The quantitative estimate of drug-likeness (QED) is 0.706. The summed E-state index contributed by atoms with van der Waals surface area (Å²) in [6, 6.07) is 0. The maximum absolute atomic E-state index is 12.6. The average Bonchev–Trinajstić information content (AvgIpc) is 2.27. The molecule has 0 N–H and O–H groups in total. The maximum atomic E-state index is 12.6. The number of amides is 1. The van der Waals surface area contributed by atoms with Crippen LogP contribution in [0.4, 0.5) is 0 Å². The molecule has 0 aliphatic carbocycles. The first-order valence-corrected chi connectivity index (χ1v) is 6.92. The highest BCUT2D eigenvalue weighted by Crippen LogP contribution is 2.29. The van der Waals surface area contributed by atoms with Crippen LogP contribution >= 0.6 is 0 Å². The van der Waals surface area contributed by atoms with E-state index in [1.165, 1.54) is 0 Å². The van der Waals surface area contributed by atoms with Crippen molar-refractivity contribution in [2.24, 2.45) is 5.92 Å². The van der Waals surface area contributed by atoms with Gasteiger partial charge in [-0.25, -0.2) is 0 Å². The highest BCUT2D eigenvalue weighted by Gasteiger charge is 2.39. The van der Waals surface area contributed by atoms with E-state index in [0.29, 0.717) is 19.4 Å². The molecule has 18 heavy (non-hydrogen) atoms. The summed E-state index contributed by atoms with van der Waals surface area (Å²) in [6.07, 6.45) is 3.11. The molecule has 0 aromatic carbocycles. The lowest BCUT2D eigenvalue weighted by Crippen LogP contribution is -2.56. The molecule has 1 amide bonds. The largest absolute Gasteiger partial charge is 0.336 e. The number of likely N-dealkylation sites (tertiary alicyclic amines) is 2. The highest BCUT2D eigenvalue weighted by atomic mass is 16.2. The number of rotatable bonds is 1. The van der Waals surface area contributed by atoms with Gasteiger partial charge in [-0.15, -0.1) is 0 Å². The van der Waals surface area contributed by atoms with Crippen molar-refractivity contribution in [2.45, 2.75) is 45.1 Å². The minimum atomic E-state index is -0.303. The number of carbonyl (C=O) groups excluding carboxylic acids is 2. The van der Waals surface area contributed by atoms with E-state index in [-0.39, 0.29) is 23.1 Å². The summed E-state index contributed by atoms with van der Waals surface area (Å²) in [6.45, 7) is 6.57. The van der Waals surface area contributed by atoms with E-state index in [9.17, 15) is 9.59 Å². The molecule has 0 aromatic heterocycles. The Morgan fingerprint density at radius 1 is 1.33 bits per heavy atom. The minimum absolute atomic E-state index is 0.122. The minimum Gasteiger partial charge on any atom is -0.336 e. The van der Waals surface area contributed by atoms with Gasteiger partial charge < -0.3 is 9.80 Å². The van der Waals surface area contributed by atoms with Gasteiger partial charge in [-0.3, -0.25) is 9.59 Å². The summed E-state index contributed by atoms with van der Waals surface area (Å²) in [4.78, 5) is 28.3. The molecule has 2 rings (SSSR count). The summed E-state index contributed by atoms with van der Waals surface area (Å²) in [5.41, 5.74) is -0.303. The van der Waals surface area contributed by atoms with Crippen LogP contribution in [-0.2, 0) is 9.59 Å². The normalized spacial score (nSPS) is 29.4. The second-order valence-electron chi connectivity index (χ2n) is 6.37. The molecule has 0 radical (unpaired) electrons. The van der Waals surface area contributed by atoms with Gasteiger partial charge in [-0.2, -0.15) is 0 Å². The third-order valence-electron chi connectivity index (χ3n) is 4.21. The first kappa shape index (κ1) is 13.5. The van der Waals surface area contributed by atoms with E-state index in [0.717, 1.165) is 25.9 Å². The molecule has 0 spiro atoms. The topological polar surface area (TPSA) is 40.6 Å². The fourth-order valence-electron chi connectivity index (χ4n) is 3.20. The Labute approximate surface area is 109 Å². The van der Waals surface area contributed by atoms with E-state index in [1.54, 1.807) is 0 Å². The lowest BCUT2D eigenvalue weighted by Gasteiger charge is -2.44. The zero-order valence-corrected chi connectivity index (χ0v) is 11.7. The van der Waals surface area contributed by atoms with Crippen LogP contribution < -0.4 is 0 Å². The SMILES string of the molecule is CN1CCCC(C(=O)N2CCC(=O)CC2(C)C)C1. The van der Waals surface area contributed by atoms with Crippen LogP contribution in [0.1, 0.15) is 39.5 Å². The summed E-state index contributed by atoms with van der Waals surface area (Å²) in [5, 5.41) is 0. The number of Topliss-reactive ketones (excluding diaryl/α,β-unsaturated/α-hetero) is 1.